The lowest BCUT2D eigenvalue weighted by Crippen LogP contribution is -2.23. The Kier molecular flexibility index (Phi) is 6.60. The molecule has 0 heterocycles. The summed E-state index contributed by atoms with van der Waals surface area (Å²) >= 11 is 0. The van der Waals surface area contributed by atoms with E-state index in [0.29, 0.717) is 5.92 Å². The Morgan fingerprint density at radius 1 is 1.03 bits per heavy atom. The smallest absolute Gasteiger partial charge is 0.170 e. The van der Waals surface area contributed by atoms with Crippen molar-refractivity contribution in [1.29, 1.82) is 5.41 Å². The zero-order valence-corrected chi connectivity index (χ0v) is 20.1. The Morgan fingerprint density at radius 3 is 2.45 bits per heavy atom. The molecule has 2 unspecified atom stereocenters. The maximum Gasteiger partial charge on any atom is 0.170 e. The van der Waals surface area contributed by atoms with Gasteiger partial charge in [0.2, 0.25) is 0 Å². The second-order valence-electron chi connectivity index (χ2n) is 9.62. The number of rotatable bonds is 3. The van der Waals surface area contributed by atoms with Crippen LogP contribution in [0.5, 0.6) is 0 Å². The lowest BCUT2D eigenvalue weighted by atomic mass is 9.70. The van der Waals surface area contributed by atoms with Gasteiger partial charge in [0.15, 0.2) is 5.78 Å². The summed E-state index contributed by atoms with van der Waals surface area (Å²) in [4.78, 5) is 22.7. The van der Waals surface area contributed by atoms with Crippen molar-refractivity contribution in [2.24, 2.45) is 11.8 Å². The van der Waals surface area contributed by atoms with Crippen LogP contribution in [0.15, 0.2) is 54.1 Å². The van der Waals surface area contributed by atoms with E-state index in [0.717, 1.165) is 54.5 Å². The fraction of sp³-hybridized carbons (Fsp3) is 0.367. The maximum absolute atomic E-state index is 13.3. The largest absolute Gasteiger partial charge is 0.305 e. The molecule has 2 aromatic carbocycles. The van der Waals surface area contributed by atoms with Crippen LogP contribution in [0.2, 0.25) is 0 Å². The molecule has 3 nitrogen and oxygen atoms in total. The van der Waals surface area contributed by atoms with Crippen molar-refractivity contribution in [3.8, 4) is 0 Å². The summed E-state index contributed by atoms with van der Waals surface area (Å²) in [5, 5.41) is 8.31. The van der Waals surface area contributed by atoms with Crippen molar-refractivity contribution in [3.63, 3.8) is 0 Å². The summed E-state index contributed by atoms with van der Waals surface area (Å²) in [6.07, 6.45) is 9.39. The molecule has 0 aromatic heterocycles. The van der Waals surface area contributed by atoms with Crippen LogP contribution in [-0.4, -0.2) is 17.3 Å². The molecule has 0 saturated carbocycles. The standard InChI is InChI=1S/C27H27NO.C3H6O/c1-3-17-12-20-13-18-9-11-26(28)24(18)15-23(20)25-14-19(8-10-22(17)25)27(29)21-7-5-4-6-16(21)2;1-3(2)4/h4-7,10,13-15,17,19,28H,3,8-9,11-12H2,1-2H3;1-2H3. The number of benzene rings is 2. The second-order valence-corrected chi connectivity index (χ2v) is 9.62. The van der Waals surface area contributed by atoms with Gasteiger partial charge in [0, 0.05) is 17.2 Å². The second kappa shape index (κ2) is 9.43. The number of carbonyl (C=O) groups is 2. The van der Waals surface area contributed by atoms with Crippen molar-refractivity contribution in [2.45, 2.75) is 59.8 Å². The molecule has 0 fully saturated rings. The zero-order chi connectivity index (χ0) is 23.7. The Bertz CT molecular complexity index is 1190. The molecule has 5 rings (SSSR count). The molecule has 3 heteroatoms. The minimum absolute atomic E-state index is 0.106. The van der Waals surface area contributed by atoms with Gasteiger partial charge in [-0.05, 0) is 104 Å². The summed E-state index contributed by atoms with van der Waals surface area (Å²) in [5.41, 5.74) is 10.4. The van der Waals surface area contributed by atoms with Crippen LogP contribution in [0.25, 0.3) is 5.57 Å². The average molecular weight is 440 g/mol. The fourth-order valence-corrected chi connectivity index (χ4v) is 5.33. The number of hydrogen-bond donors (Lipinski definition) is 1. The predicted octanol–water partition coefficient (Wildman–Crippen LogP) is 6.70. The molecule has 0 bridgehead atoms. The number of carbonyl (C=O) groups excluding carboxylic acids is 2. The number of Topliss-reactive ketones (excluding diaryl/α,β-unsaturated/α-hetero) is 2. The molecule has 0 aliphatic heterocycles. The molecule has 170 valence electrons. The molecule has 0 saturated heterocycles. The number of hydrogen-bond acceptors (Lipinski definition) is 3. The molecule has 0 spiro atoms. The lowest BCUT2D eigenvalue weighted by Gasteiger charge is -2.34. The molecule has 0 radical (unpaired) electrons. The van der Waals surface area contributed by atoms with E-state index >= 15 is 0 Å². The van der Waals surface area contributed by atoms with Crippen LogP contribution in [-0.2, 0) is 17.6 Å². The predicted molar refractivity (Wildman–Crippen MR) is 135 cm³/mol. The van der Waals surface area contributed by atoms with E-state index in [9.17, 15) is 9.59 Å². The third-order valence-electron chi connectivity index (χ3n) is 7.01. The summed E-state index contributed by atoms with van der Waals surface area (Å²) in [7, 11) is 0. The Balaban J connectivity index is 0.000000601. The first-order chi connectivity index (χ1) is 15.8. The first-order valence-electron chi connectivity index (χ1n) is 12.0. The molecule has 3 aliphatic rings. The van der Waals surface area contributed by atoms with Crippen LogP contribution in [0.3, 0.4) is 0 Å². The van der Waals surface area contributed by atoms with E-state index < -0.39 is 0 Å². The Labute approximate surface area is 197 Å². The van der Waals surface area contributed by atoms with Crippen LogP contribution in [0.4, 0.5) is 0 Å². The van der Waals surface area contributed by atoms with Crippen molar-refractivity contribution in [3.05, 3.63) is 87.5 Å². The molecular weight excluding hydrogens is 406 g/mol. The highest BCUT2D eigenvalue weighted by Crippen LogP contribution is 2.45. The monoisotopic (exact) mass is 439 g/mol. The van der Waals surface area contributed by atoms with E-state index in [1.165, 1.54) is 41.7 Å². The van der Waals surface area contributed by atoms with E-state index in [-0.39, 0.29) is 17.5 Å². The van der Waals surface area contributed by atoms with Gasteiger partial charge in [0.05, 0.1) is 0 Å². The molecule has 2 atom stereocenters. The first-order valence-corrected chi connectivity index (χ1v) is 12.0. The van der Waals surface area contributed by atoms with Crippen molar-refractivity contribution in [1.82, 2.24) is 0 Å². The number of aryl methyl sites for hydroxylation is 2. The zero-order valence-electron chi connectivity index (χ0n) is 20.1. The molecule has 2 aromatic rings. The quantitative estimate of drug-likeness (QED) is 0.541. The highest BCUT2D eigenvalue weighted by atomic mass is 16.1. The van der Waals surface area contributed by atoms with Crippen molar-refractivity contribution < 1.29 is 9.59 Å². The topological polar surface area (TPSA) is 58.0 Å². The van der Waals surface area contributed by atoms with Gasteiger partial charge in [-0.1, -0.05) is 49.4 Å². The van der Waals surface area contributed by atoms with Crippen LogP contribution in [0, 0.1) is 24.2 Å². The van der Waals surface area contributed by atoms with E-state index in [1.807, 2.05) is 31.2 Å². The van der Waals surface area contributed by atoms with Gasteiger partial charge in [-0.25, -0.2) is 0 Å². The molecule has 0 amide bonds. The van der Waals surface area contributed by atoms with E-state index in [4.69, 9.17) is 5.41 Å². The lowest BCUT2D eigenvalue weighted by molar-refractivity contribution is -0.115. The van der Waals surface area contributed by atoms with E-state index in [1.54, 1.807) is 0 Å². The number of fused-ring (bicyclic) bond motifs is 4. The number of nitrogens with one attached hydrogen (secondary N) is 1. The van der Waals surface area contributed by atoms with Gasteiger partial charge in [0.1, 0.15) is 5.78 Å². The van der Waals surface area contributed by atoms with Crippen LogP contribution < -0.4 is 0 Å². The molecule has 1 N–H and O–H groups in total. The van der Waals surface area contributed by atoms with Gasteiger partial charge in [-0.3, -0.25) is 4.79 Å². The highest BCUT2D eigenvalue weighted by Gasteiger charge is 2.33. The summed E-state index contributed by atoms with van der Waals surface area (Å²) in [6, 6.07) is 12.5. The van der Waals surface area contributed by atoms with E-state index in [2.05, 4.69) is 31.2 Å². The molecule has 33 heavy (non-hydrogen) atoms. The van der Waals surface area contributed by atoms with Gasteiger partial charge >= 0.3 is 0 Å². The Morgan fingerprint density at radius 2 is 1.76 bits per heavy atom. The minimum Gasteiger partial charge on any atom is -0.305 e. The third-order valence-corrected chi connectivity index (χ3v) is 7.01. The van der Waals surface area contributed by atoms with Gasteiger partial charge < -0.3 is 10.2 Å². The summed E-state index contributed by atoms with van der Waals surface area (Å²) in [5.74, 6) is 0.813. The minimum atomic E-state index is -0.106. The number of ketones is 2. The van der Waals surface area contributed by atoms with Gasteiger partial charge in [-0.2, -0.15) is 0 Å². The van der Waals surface area contributed by atoms with Gasteiger partial charge in [0.25, 0.3) is 0 Å². The molecule has 3 aliphatic carbocycles. The average Bonchev–Trinajstić information content (AvgIpc) is 3.16. The van der Waals surface area contributed by atoms with Crippen LogP contribution in [0.1, 0.15) is 78.2 Å². The van der Waals surface area contributed by atoms with Crippen LogP contribution >= 0.6 is 0 Å². The fourth-order valence-electron chi connectivity index (χ4n) is 5.33. The first kappa shape index (κ1) is 23.1. The Hall–Kier alpha value is -3.07. The highest BCUT2D eigenvalue weighted by molar-refractivity contribution is 6.05. The summed E-state index contributed by atoms with van der Waals surface area (Å²) in [6.45, 7) is 7.34. The summed E-state index contributed by atoms with van der Waals surface area (Å²) < 4.78 is 0. The number of allylic oxidation sites excluding steroid dienone is 4. The van der Waals surface area contributed by atoms with Gasteiger partial charge in [-0.15, -0.1) is 0 Å². The van der Waals surface area contributed by atoms with Crippen molar-refractivity contribution >= 4 is 22.9 Å². The normalized spacial score (nSPS) is 20.4. The third kappa shape index (κ3) is 4.55. The van der Waals surface area contributed by atoms with Crippen molar-refractivity contribution in [2.75, 3.05) is 0 Å². The SMILES string of the molecule is CC(C)=O.CCC1Cc2cc3c(cc2C2=CC(C(=O)c4ccccc4C)CC=C21)C(=N)CC3. The molecular formula is C30H33NO2. The maximum atomic E-state index is 13.3.